The number of aliphatic imine (C=N–C) groups is 1. The van der Waals surface area contributed by atoms with Gasteiger partial charge in [-0.15, -0.1) is 0 Å². The lowest BCUT2D eigenvalue weighted by Gasteiger charge is -2.28. The fourth-order valence-corrected chi connectivity index (χ4v) is 2.45. The molecule has 1 aliphatic rings. The molecule has 0 radical (unpaired) electrons. The number of amidine groups is 1. The number of hydrogen-bond donors (Lipinski definition) is 1. The van der Waals surface area contributed by atoms with Crippen LogP contribution in [0.5, 0.6) is 0 Å². The minimum Gasteiger partial charge on any atom is -0.385 e. The Bertz CT molecular complexity index is 530. The molecule has 2 rings (SSSR count). The van der Waals surface area contributed by atoms with Crippen LogP contribution in [-0.2, 0) is 0 Å². The summed E-state index contributed by atoms with van der Waals surface area (Å²) < 4.78 is 0.809. The molecule has 2 amide bonds. The molecular formula is C12H13BrClN3O. The summed E-state index contributed by atoms with van der Waals surface area (Å²) in [5, 5.41) is 0.586. The summed E-state index contributed by atoms with van der Waals surface area (Å²) in [6.07, 6.45) is 0. The molecule has 1 atom stereocenters. The fraction of sp³-hybridized carbons (Fsp3) is 0.333. The van der Waals surface area contributed by atoms with Crippen LogP contribution in [0.15, 0.2) is 27.7 Å². The standard InChI is InChI=1S/C12H13BrClN3O/c1-6(2)17-10(11(15)16-12(17)18)7-3-4-8(13)9(14)5-7/h3-6,10H,1-2H3,(H2,15,16,18). The second kappa shape index (κ2) is 4.90. The first-order valence-corrected chi connectivity index (χ1v) is 6.70. The van der Waals surface area contributed by atoms with Gasteiger partial charge in [0.25, 0.3) is 0 Å². The van der Waals surface area contributed by atoms with Crippen LogP contribution in [0.2, 0.25) is 5.02 Å². The smallest absolute Gasteiger partial charge is 0.346 e. The Morgan fingerprint density at radius 2 is 2.17 bits per heavy atom. The van der Waals surface area contributed by atoms with E-state index in [1.165, 1.54) is 0 Å². The molecule has 1 unspecified atom stereocenters. The molecule has 0 spiro atoms. The lowest BCUT2D eigenvalue weighted by molar-refractivity contribution is 0.190. The molecule has 4 nitrogen and oxygen atoms in total. The van der Waals surface area contributed by atoms with Crippen molar-refractivity contribution in [1.29, 1.82) is 0 Å². The van der Waals surface area contributed by atoms with Crippen molar-refractivity contribution in [2.45, 2.75) is 25.9 Å². The van der Waals surface area contributed by atoms with Gasteiger partial charge in [-0.1, -0.05) is 17.7 Å². The fourth-order valence-electron chi connectivity index (χ4n) is 2.02. The number of benzene rings is 1. The summed E-state index contributed by atoms with van der Waals surface area (Å²) in [5.74, 6) is 0.312. The molecule has 1 aromatic carbocycles. The lowest BCUT2D eigenvalue weighted by atomic mass is 10.0. The van der Waals surface area contributed by atoms with E-state index in [1.807, 2.05) is 26.0 Å². The molecule has 0 fully saturated rings. The highest BCUT2D eigenvalue weighted by atomic mass is 79.9. The van der Waals surface area contributed by atoms with Crippen LogP contribution in [0.3, 0.4) is 0 Å². The maximum atomic E-state index is 11.8. The minimum atomic E-state index is -0.330. The maximum absolute atomic E-state index is 11.8. The molecule has 0 aliphatic carbocycles. The van der Waals surface area contributed by atoms with E-state index in [1.54, 1.807) is 11.0 Å². The van der Waals surface area contributed by atoms with Crippen LogP contribution in [0.25, 0.3) is 0 Å². The van der Waals surface area contributed by atoms with Crippen molar-refractivity contribution in [3.63, 3.8) is 0 Å². The minimum absolute atomic E-state index is 0.0229. The molecule has 18 heavy (non-hydrogen) atoms. The van der Waals surface area contributed by atoms with Gasteiger partial charge in [0.05, 0.1) is 5.02 Å². The number of nitrogens with two attached hydrogens (primary N) is 1. The summed E-state index contributed by atoms with van der Waals surface area (Å²) in [6, 6.07) is 4.92. The topological polar surface area (TPSA) is 58.7 Å². The predicted octanol–water partition coefficient (Wildman–Crippen LogP) is 3.34. The highest BCUT2D eigenvalue weighted by Crippen LogP contribution is 2.32. The molecule has 0 saturated carbocycles. The van der Waals surface area contributed by atoms with Gasteiger partial charge in [0.15, 0.2) is 0 Å². The molecule has 0 saturated heterocycles. The van der Waals surface area contributed by atoms with E-state index in [-0.39, 0.29) is 18.1 Å². The van der Waals surface area contributed by atoms with Crippen LogP contribution in [0, 0.1) is 0 Å². The predicted molar refractivity (Wildman–Crippen MR) is 75.9 cm³/mol. The van der Waals surface area contributed by atoms with E-state index in [0.717, 1.165) is 10.0 Å². The molecular weight excluding hydrogens is 318 g/mol. The Morgan fingerprint density at radius 1 is 1.50 bits per heavy atom. The Kier molecular flexibility index (Phi) is 3.64. The highest BCUT2D eigenvalue weighted by Gasteiger charge is 2.36. The third-order valence-corrected chi connectivity index (χ3v) is 4.05. The second-order valence-corrected chi connectivity index (χ2v) is 5.66. The van der Waals surface area contributed by atoms with Gasteiger partial charge in [0.2, 0.25) is 0 Å². The Hall–Kier alpha value is -1.07. The number of nitrogens with zero attached hydrogens (tertiary/aromatic N) is 2. The summed E-state index contributed by atoms with van der Waals surface area (Å²) in [6.45, 7) is 3.86. The van der Waals surface area contributed by atoms with Crippen molar-refractivity contribution in [1.82, 2.24) is 4.90 Å². The van der Waals surface area contributed by atoms with Gasteiger partial charge in [-0.05, 0) is 47.5 Å². The van der Waals surface area contributed by atoms with E-state index in [0.29, 0.717) is 10.9 Å². The van der Waals surface area contributed by atoms with Gasteiger partial charge >= 0.3 is 6.03 Å². The molecule has 2 N–H and O–H groups in total. The molecule has 1 aromatic rings. The van der Waals surface area contributed by atoms with Gasteiger partial charge in [0.1, 0.15) is 11.9 Å². The van der Waals surface area contributed by atoms with E-state index in [2.05, 4.69) is 20.9 Å². The van der Waals surface area contributed by atoms with Crippen LogP contribution in [0.4, 0.5) is 4.79 Å². The van der Waals surface area contributed by atoms with E-state index in [4.69, 9.17) is 17.3 Å². The molecule has 0 bridgehead atoms. The first-order valence-electron chi connectivity index (χ1n) is 5.53. The average Bonchev–Trinajstić information content (AvgIpc) is 2.57. The third kappa shape index (κ3) is 2.24. The quantitative estimate of drug-likeness (QED) is 0.904. The Morgan fingerprint density at radius 3 is 2.72 bits per heavy atom. The lowest BCUT2D eigenvalue weighted by Crippen LogP contribution is -2.38. The monoisotopic (exact) mass is 329 g/mol. The number of carbonyl (C=O) groups is 1. The van der Waals surface area contributed by atoms with E-state index in [9.17, 15) is 4.79 Å². The van der Waals surface area contributed by atoms with Crippen molar-refractivity contribution in [2.24, 2.45) is 10.7 Å². The van der Waals surface area contributed by atoms with Gasteiger partial charge in [-0.25, -0.2) is 4.79 Å². The van der Waals surface area contributed by atoms with Crippen LogP contribution < -0.4 is 5.73 Å². The third-order valence-electron chi connectivity index (χ3n) is 2.82. The summed E-state index contributed by atoms with van der Waals surface area (Å²) in [5.41, 5.74) is 6.72. The molecule has 0 aromatic heterocycles. The second-order valence-electron chi connectivity index (χ2n) is 4.40. The first kappa shape index (κ1) is 13.4. The summed E-state index contributed by atoms with van der Waals surface area (Å²) >= 11 is 9.41. The number of rotatable bonds is 2. The summed E-state index contributed by atoms with van der Waals surface area (Å²) in [7, 11) is 0. The zero-order valence-corrected chi connectivity index (χ0v) is 12.4. The number of carbonyl (C=O) groups excluding carboxylic acids is 1. The average molecular weight is 331 g/mol. The Balaban J connectivity index is 2.44. The number of amides is 2. The zero-order valence-electron chi connectivity index (χ0n) is 10.0. The number of halogens is 2. The highest BCUT2D eigenvalue weighted by molar-refractivity contribution is 9.10. The van der Waals surface area contributed by atoms with Crippen molar-refractivity contribution in [3.8, 4) is 0 Å². The van der Waals surface area contributed by atoms with Crippen molar-refractivity contribution < 1.29 is 4.79 Å². The van der Waals surface area contributed by atoms with Gasteiger partial charge in [0, 0.05) is 10.5 Å². The zero-order chi connectivity index (χ0) is 13.4. The van der Waals surface area contributed by atoms with E-state index >= 15 is 0 Å². The van der Waals surface area contributed by atoms with Crippen LogP contribution >= 0.6 is 27.5 Å². The first-order chi connectivity index (χ1) is 8.41. The molecule has 96 valence electrons. The molecule has 1 aliphatic heterocycles. The SMILES string of the molecule is CC(C)N1C(=O)N=C(N)C1c1ccc(Br)c(Cl)c1. The summed E-state index contributed by atoms with van der Waals surface area (Å²) in [4.78, 5) is 17.3. The number of hydrogen-bond acceptors (Lipinski definition) is 2. The van der Waals surface area contributed by atoms with E-state index < -0.39 is 0 Å². The van der Waals surface area contributed by atoms with Gasteiger partial charge in [-0.2, -0.15) is 4.99 Å². The molecule has 6 heteroatoms. The van der Waals surface area contributed by atoms with Crippen LogP contribution in [0.1, 0.15) is 25.5 Å². The number of urea groups is 1. The maximum Gasteiger partial charge on any atom is 0.346 e. The van der Waals surface area contributed by atoms with Gasteiger partial charge < -0.3 is 10.6 Å². The largest absolute Gasteiger partial charge is 0.385 e. The van der Waals surface area contributed by atoms with Crippen LogP contribution in [-0.4, -0.2) is 22.8 Å². The molecule has 1 heterocycles. The Labute approximate surface area is 119 Å². The normalized spacial score (nSPS) is 19.6. The van der Waals surface area contributed by atoms with Gasteiger partial charge in [-0.3, -0.25) is 0 Å². The van der Waals surface area contributed by atoms with Crippen molar-refractivity contribution in [2.75, 3.05) is 0 Å². The van der Waals surface area contributed by atoms with Crippen molar-refractivity contribution in [3.05, 3.63) is 33.3 Å². The van der Waals surface area contributed by atoms with Crippen molar-refractivity contribution >= 4 is 39.4 Å².